The Morgan fingerprint density at radius 1 is 1.14 bits per heavy atom. The van der Waals surface area contributed by atoms with E-state index in [0.717, 1.165) is 18.8 Å². The standard InChI is InChI=1S/C20H23FN4O3/c1-14-13-18(25(27)28)7-8-19(14)22-20(26)15(2)23-9-11-24(12-10-23)17-5-3-16(21)4-6-17/h3-8,13,15H,9-12H2,1-2H3,(H,22,26). The van der Waals surface area contributed by atoms with E-state index in [9.17, 15) is 19.3 Å². The molecule has 1 fully saturated rings. The number of carbonyl (C=O) groups excluding carboxylic acids is 1. The third-order valence-electron chi connectivity index (χ3n) is 5.11. The molecule has 1 unspecified atom stereocenters. The molecular weight excluding hydrogens is 363 g/mol. The van der Waals surface area contributed by atoms with Crippen LogP contribution in [0.2, 0.25) is 0 Å². The molecule has 1 heterocycles. The minimum Gasteiger partial charge on any atom is -0.369 e. The Labute approximate surface area is 162 Å². The molecule has 148 valence electrons. The fourth-order valence-electron chi connectivity index (χ4n) is 3.32. The second kappa shape index (κ2) is 8.35. The smallest absolute Gasteiger partial charge is 0.269 e. The van der Waals surface area contributed by atoms with Gasteiger partial charge < -0.3 is 10.2 Å². The van der Waals surface area contributed by atoms with E-state index in [-0.39, 0.29) is 23.5 Å². The van der Waals surface area contributed by atoms with Crippen molar-refractivity contribution < 1.29 is 14.1 Å². The lowest BCUT2D eigenvalue weighted by atomic mass is 10.1. The SMILES string of the molecule is Cc1cc([N+](=O)[O-])ccc1NC(=O)C(C)N1CCN(c2ccc(F)cc2)CC1. The molecule has 0 aromatic heterocycles. The minimum absolute atomic E-state index is 0.000428. The molecule has 1 amide bonds. The van der Waals surface area contributed by atoms with Gasteiger partial charge in [0.2, 0.25) is 5.91 Å². The average molecular weight is 386 g/mol. The normalized spacial score (nSPS) is 15.9. The Bertz CT molecular complexity index is 864. The third kappa shape index (κ3) is 4.45. The van der Waals surface area contributed by atoms with Crippen molar-refractivity contribution in [2.45, 2.75) is 19.9 Å². The van der Waals surface area contributed by atoms with Crippen molar-refractivity contribution in [3.05, 3.63) is 64.0 Å². The van der Waals surface area contributed by atoms with Crippen LogP contribution in [0.4, 0.5) is 21.5 Å². The van der Waals surface area contributed by atoms with Crippen LogP contribution >= 0.6 is 0 Å². The molecule has 1 N–H and O–H groups in total. The molecule has 0 aliphatic carbocycles. The van der Waals surface area contributed by atoms with Gasteiger partial charge in [-0.2, -0.15) is 0 Å². The molecule has 3 rings (SSSR count). The van der Waals surface area contributed by atoms with Gasteiger partial charge in [-0.05, 0) is 49.7 Å². The van der Waals surface area contributed by atoms with Gasteiger partial charge in [-0.3, -0.25) is 19.8 Å². The lowest BCUT2D eigenvalue weighted by Crippen LogP contribution is -2.52. The number of benzene rings is 2. The number of amides is 1. The molecule has 0 bridgehead atoms. The first-order valence-electron chi connectivity index (χ1n) is 9.15. The molecule has 0 radical (unpaired) electrons. The van der Waals surface area contributed by atoms with Gasteiger partial charge in [0.15, 0.2) is 0 Å². The quantitative estimate of drug-likeness (QED) is 0.631. The van der Waals surface area contributed by atoms with Crippen molar-refractivity contribution in [1.29, 1.82) is 0 Å². The summed E-state index contributed by atoms with van der Waals surface area (Å²) in [5, 5.41) is 13.7. The van der Waals surface area contributed by atoms with E-state index in [1.807, 2.05) is 6.92 Å². The van der Waals surface area contributed by atoms with Crippen LogP contribution in [0.15, 0.2) is 42.5 Å². The van der Waals surface area contributed by atoms with Gasteiger partial charge in [-0.15, -0.1) is 0 Å². The molecule has 1 aliphatic heterocycles. The number of rotatable bonds is 5. The number of carbonyl (C=O) groups is 1. The number of non-ortho nitro benzene ring substituents is 1. The first kappa shape index (κ1) is 19.8. The number of anilines is 2. The highest BCUT2D eigenvalue weighted by Crippen LogP contribution is 2.22. The fourth-order valence-corrected chi connectivity index (χ4v) is 3.32. The second-order valence-electron chi connectivity index (χ2n) is 6.92. The summed E-state index contributed by atoms with van der Waals surface area (Å²) in [6, 6.07) is 10.5. The van der Waals surface area contributed by atoms with Crippen LogP contribution < -0.4 is 10.2 Å². The number of nitrogens with one attached hydrogen (secondary N) is 1. The molecule has 0 saturated carbocycles. The van der Waals surface area contributed by atoms with E-state index in [1.54, 1.807) is 25.1 Å². The van der Waals surface area contributed by atoms with E-state index in [4.69, 9.17) is 0 Å². The number of halogens is 1. The van der Waals surface area contributed by atoms with Gasteiger partial charge >= 0.3 is 0 Å². The molecule has 1 aliphatic rings. The summed E-state index contributed by atoms with van der Waals surface area (Å²) in [6.45, 7) is 6.51. The number of nitro groups is 1. The molecule has 7 nitrogen and oxygen atoms in total. The summed E-state index contributed by atoms with van der Waals surface area (Å²) in [5.74, 6) is -0.401. The number of nitrogens with zero attached hydrogens (tertiary/aromatic N) is 3. The topological polar surface area (TPSA) is 78.7 Å². The van der Waals surface area contributed by atoms with Crippen LogP contribution in [0.3, 0.4) is 0 Å². The Kier molecular flexibility index (Phi) is 5.89. The maximum Gasteiger partial charge on any atom is 0.269 e. The highest BCUT2D eigenvalue weighted by Gasteiger charge is 2.26. The van der Waals surface area contributed by atoms with E-state index in [2.05, 4.69) is 15.1 Å². The van der Waals surface area contributed by atoms with Gasteiger partial charge in [0.05, 0.1) is 11.0 Å². The summed E-state index contributed by atoms with van der Waals surface area (Å²) < 4.78 is 13.1. The molecule has 1 saturated heterocycles. The second-order valence-corrected chi connectivity index (χ2v) is 6.92. The number of hydrogen-bond acceptors (Lipinski definition) is 5. The Hall–Kier alpha value is -3.00. The average Bonchev–Trinajstić information content (AvgIpc) is 2.69. The Morgan fingerprint density at radius 2 is 1.79 bits per heavy atom. The van der Waals surface area contributed by atoms with Crippen LogP contribution in [0.5, 0.6) is 0 Å². The maximum absolute atomic E-state index is 13.1. The fraction of sp³-hybridized carbons (Fsp3) is 0.350. The summed E-state index contributed by atoms with van der Waals surface area (Å²) in [6.07, 6.45) is 0. The van der Waals surface area contributed by atoms with Crippen molar-refractivity contribution in [3.8, 4) is 0 Å². The van der Waals surface area contributed by atoms with Gasteiger partial charge in [-0.1, -0.05) is 0 Å². The monoisotopic (exact) mass is 386 g/mol. The van der Waals surface area contributed by atoms with E-state index < -0.39 is 4.92 Å². The molecule has 2 aromatic carbocycles. The Balaban J connectivity index is 1.57. The number of nitro benzene ring substituents is 1. The zero-order valence-corrected chi connectivity index (χ0v) is 15.9. The van der Waals surface area contributed by atoms with Crippen LogP contribution in [0.25, 0.3) is 0 Å². The van der Waals surface area contributed by atoms with Crippen molar-refractivity contribution in [2.75, 3.05) is 36.4 Å². The summed E-state index contributed by atoms with van der Waals surface area (Å²) in [7, 11) is 0. The van der Waals surface area contributed by atoms with Crippen molar-refractivity contribution >= 4 is 23.0 Å². The molecule has 2 aromatic rings. The molecular formula is C20H23FN4O3. The first-order valence-corrected chi connectivity index (χ1v) is 9.15. The van der Waals surface area contributed by atoms with Gasteiger partial charge in [0, 0.05) is 49.7 Å². The van der Waals surface area contributed by atoms with Gasteiger partial charge in [-0.25, -0.2) is 4.39 Å². The number of piperazine rings is 1. The molecule has 1 atom stereocenters. The largest absolute Gasteiger partial charge is 0.369 e. The highest BCUT2D eigenvalue weighted by atomic mass is 19.1. The van der Waals surface area contributed by atoms with Crippen molar-refractivity contribution in [1.82, 2.24) is 4.90 Å². The lowest BCUT2D eigenvalue weighted by Gasteiger charge is -2.38. The van der Waals surface area contributed by atoms with Crippen LogP contribution in [-0.4, -0.2) is 48.0 Å². The van der Waals surface area contributed by atoms with E-state index in [0.29, 0.717) is 24.3 Å². The van der Waals surface area contributed by atoms with E-state index in [1.165, 1.54) is 24.3 Å². The third-order valence-corrected chi connectivity index (χ3v) is 5.11. The van der Waals surface area contributed by atoms with Crippen LogP contribution in [-0.2, 0) is 4.79 Å². The Morgan fingerprint density at radius 3 is 2.36 bits per heavy atom. The molecule has 0 spiro atoms. The predicted octanol–water partition coefficient (Wildman–Crippen LogP) is 3.19. The van der Waals surface area contributed by atoms with Crippen molar-refractivity contribution in [2.24, 2.45) is 0 Å². The summed E-state index contributed by atoms with van der Waals surface area (Å²) in [5.41, 5.74) is 2.20. The first-order chi connectivity index (χ1) is 13.3. The zero-order chi connectivity index (χ0) is 20.3. The van der Waals surface area contributed by atoms with Gasteiger partial charge in [0.25, 0.3) is 5.69 Å². The zero-order valence-electron chi connectivity index (χ0n) is 15.9. The lowest BCUT2D eigenvalue weighted by molar-refractivity contribution is -0.384. The maximum atomic E-state index is 13.1. The molecule has 8 heteroatoms. The predicted molar refractivity (Wildman–Crippen MR) is 106 cm³/mol. The summed E-state index contributed by atoms with van der Waals surface area (Å²) in [4.78, 5) is 27.3. The van der Waals surface area contributed by atoms with Crippen molar-refractivity contribution in [3.63, 3.8) is 0 Å². The number of hydrogen-bond donors (Lipinski definition) is 1. The highest BCUT2D eigenvalue weighted by molar-refractivity contribution is 5.95. The number of aryl methyl sites for hydroxylation is 1. The van der Waals surface area contributed by atoms with Crippen LogP contribution in [0, 0.1) is 22.9 Å². The summed E-state index contributed by atoms with van der Waals surface area (Å²) >= 11 is 0. The molecule has 28 heavy (non-hydrogen) atoms. The minimum atomic E-state index is -0.457. The van der Waals surface area contributed by atoms with E-state index >= 15 is 0 Å². The van der Waals surface area contributed by atoms with Crippen LogP contribution in [0.1, 0.15) is 12.5 Å². The van der Waals surface area contributed by atoms with Gasteiger partial charge in [0.1, 0.15) is 5.82 Å².